The number of carbonyl (C=O) groups is 1. The maximum absolute atomic E-state index is 11.9. The molecule has 3 heterocycles. The Morgan fingerprint density at radius 1 is 1.35 bits per heavy atom. The van der Waals surface area contributed by atoms with Gasteiger partial charge in [-0.2, -0.15) is 0 Å². The van der Waals surface area contributed by atoms with Crippen LogP contribution in [0.5, 0.6) is 0 Å². The molecule has 1 saturated heterocycles. The van der Waals surface area contributed by atoms with Gasteiger partial charge in [0.25, 0.3) is 0 Å². The van der Waals surface area contributed by atoms with E-state index in [1.165, 1.54) is 0 Å². The second-order valence-corrected chi connectivity index (χ2v) is 5.98. The molecule has 0 aromatic carbocycles. The van der Waals surface area contributed by atoms with Gasteiger partial charge in [0.2, 0.25) is 5.91 Å². The molecule has 3 rings (SSSR count). The number of pyridine rings is 1. The number of H-pyrrole nitrogens is 1. The lowest BCUT2D eigenvalue weighted by molar-refractivity contribution is -0.129. The molecule has 2 aromatic heterocycles. The minimum atomic E-state index is 0.203. The highest BCUT2D eigenvalue weighted by Gasteiger charge is 2.16. The number of amides is 1. The Morgan fingerprint density at radius 2 is 2.17 bits per heavy atom. The minimum Gasteiger partial charge on any atom is -0.343 e. The van der Waals surface area contributed by atoms with Gasteiger partial charge >= 0.3 is 0 Å². The van der Waals surface area contributed by atoms with Gasteiger partial charge in [0.05, 0.1) is 12.2 Å². The van der Waals surface area contributed by atoms with E-state index in [1.54, 1.807) is 0 Å². The van der Waals surface area contributed by atoms with Gasteiger partial charge in [-0.25, -0.2) is 4.98 Å². The third-order valence-corrected chi connectivity index (χ3v) is 4.08. The van der Waals surface area contributed by atoms with Crippen LogP contribution in [-0.4, -0.2) is 51.9 Å². The van der Waals surface area contributed by atoms with E-state index in [2.05, 4.69) is 20.3 Å². The average Bonchev–Trinajstić information content (AvgIpc) is 3.24. The highest BCUT2D eigenvalue weighted by atomic mass is 16.2. The number of nitrogens with one attached hydrogen (secondary N) is 2. The standard InChI is InChI=1S/C17H23N5O/c1-13-4-5-15(19-10-13)17-20-11-14(21-17)6-7-18-12-16(23)22-8-2-3-9-22/h4-5,10-11,18H,2-3,6-9,12H2,1H3,(H,20,21). The monoisotopic (exact) mass is 313 g/mol. The number of likely N-dealkylation sites (tertiary alicyclic amines) is 1. The van der Waals surface area contributed by atoms with Crippen LogP contribution in [0.1, 0.15) is 24.1 Å². The van der Waals surface area contributed by atoms with Crippen LogP contribution in [0.2, 0.25) is 0 Å². The minimum absolute atomic E-state index is 0.203. The largest absolute Gasteiger partial charge is 0.343 e. The third-order valence-electron chi connectivity index (χ3n) is 4.08. The van der Waals surface area contributed by atoms with Crippen LogP contribution in [-0.2, 0) is 11.2 Å². The van der Waals surface area contributed by atoms with Gasteiger partial charge in [-0.1, -0.05) is 6.07 Å². The molecule has 2 aromatic rings. The van der Waals surface area contributed by atoms with E-state index in [0.717, 1.165) is 61.7 Å². The summed E-state index contributed by atoms with van der Waals surface area (Å²) in [5.41, 5.74) is 2.95. The number of imidazole rings is 1. The number of rotatable bonds is 6. The smallest absolute Gasteiger partial charge is 0.236 e. The lowest BCUT2D eigenvalue weighted by Gasteiger charge is -2.15. The van der Waals surface area contributed by atoms with Crippen molar-refractivity contribution in [3.05, 3.63) is 35.8 Å². The number of carbonyl (C=O) groups excluding carboxylic acids is 1. The van der Waals surface area contributed by atoms with Crippen molar-refractivity contribution in [1.29, 1.82) is 0 Å². The van der Waals surface area contributed by atoms with Crippen molar-refractivity contribution in [2.24, 2.45) is 0 Å². The van der Waals surface area contributed by atoms with Gasteiger partial charge in [-0.15, -0.1) is 0 Å². The van der Waals surface area contributed by atoms with Crippen LogP contribution < -0.4 is 5.32 Å². The molecule has 1 fully saturated rings. The maximum Gasteiger partial charge on any atom is 0.236 e. The molecule has 23 heavy (non-hydrogen) atoms. The first-order chi connectivity index (χ1) is 11.2. The lowest BCUT2D eigenvalue weighted by Crippen LogP contribution is -2.36. The number of aryl methyl sites for hydroxylation is 1. The van der Waals surface area contributed by atoms with Crippen molar-refractivity contribution >= 4 is 5.91 Å². The van der Waals surface area contributed by atoms with Crippen molar-refractivity contribution in [3.63, 3.8) is 0 Å². The Hall–Kier alpha value is -2.21. The van der Waals surface area contributed by atoms with E-state index < -0.39 is 0 Å². The summed E-state index contributed by atoms with van der Waals surface area (Å²) in [6.45, 7) is 4.99. The van der Waals surface area contributed by atoms with Gasteiger partial charge < -0.3 is 15.2 Å². The molecule has 122 valence electrons. The second-order valence-electron chi connectivity index (χ2n) is 5.98. The molecule has 0 atom stereocenters. The molecule has 0 saturated carbocycles. The molecule has 1 aliphatic rings. The van der Waals surface area contributed by atoms with E-state index in [-0.39, 0.29) is 5.91 Å². The van der Waals surface area contributed by atoms with E-state index in [1.807, 2.05) is 36.4 Å². The molecule has 2 N–H and O–H groups in total. The van der Waals surface area contributed by atoms with Crippen molar-refractivity contribution in [3.8, 4) is 11.5 Å². The van der Waals surface area contributed by atoms with Gasteiger partial charge in [0.15, 0.2) is 5.82 Å². The van der Waals surface area contributed by atoms with Crippen LogP contribution in [0.25, 0.3) is 11.5 Å². The molecular weight excluding hydrogens is 290 g/mol. The molecule has 0 unspecified atom stereocenters. The molecular formula is C17H23N5O. The van der Waals surface area contributed by atoms with Crippen LogP contribution in [0, 0.1) is 6.92 Å². The zero-order valence-electron chi connectivity index (χ0n) is 13.5. The lowest BCUT2D eigenvalue weighted by atomic mass is 10.3. The highest BCUT2D eigenvalue weighted by molar-refractivity contribution is 5.78. The number of aromatic amines is 1. The first-order valence-corrected chi connectivity index (χ1v) is 8.18. The summed E-state index contributed by atoms with van der Waals surface area (Å²) in [6, 6.07) is 3.99. The molecule has 0 spiro atoms. The fourth-order valence-electron chi connectivity index (χ4n) is 2.72. The van der Waals surface area contributed by atoms with Crippen molar-refractivity contribution in [2.75, 3.05) is 26.2 Å². The van der Waals surface area contributed by atoms with Crippen LogP contribution in [0.3, 0.4) is 0 Å². The van der Waals surface area contributed by atoms with Crippen LogP contribution in [0.4, 0.5) is 0 Å². The topological polar surface area (TPSA) is 73.9 Å². The molecule has 6 heteroatoms. The van der Waals surface area contributed by atoms with Crippen molar-refractivity contribution < 1.29 is 4.79 Å². The first-order valence-electron chi connectivity index (χ1n) is 8.18. The quantitative estimate of drug-likeness (QED) is 0.793. The summed E-state index contributed by atoms with van der Waals surface area (Å²) in [6.07, 6.45) is 6.79. The zero-order chi connectivity index (χ0) is 16.1. The number of aromatic nitrogens is 3. The van der Waals surface area contributed by atoms with Crippen molar-refractivity contribution in [1.82, 2.24) is 25.2 Å². The summed E-state index contributed by atoms with van der Waals surface area (Å²) < 4.78 is 0. The Bertz CT molecular complexity index is 643. The van der Waals surface area contributed by atoms with E-state index in [0.29, 0.717) is 6.54 Å². The van der Waals surface area contributed by atoms with Crippen LogP contribution >= 0.6 is 0 Å². The highest BCUT2D eigenvalue weighted by Crippen LogP contribution is 2.13. The van der Waals surface area contributed by atoms with Crippen molar-refractivity contribution in [2.45, 2.75) is 26.2 Å². The SMILES string of the molecule is Cc1ccc(-c2nc(CCNCC(=O)N3CCCC3)c[nH]2)nc1. The Morgan fingerprint density at radius 3 is 2.91 bits per heavy atom. The van der Waals surface area contributed by atoms with E-state index >= 15 is 0 Å². The average molecular weight is 313 g/mol. The molecule has 0 radical (unpaired) electrons. The Balaban J connectivity index is 1.44. The fourth-order valence-corrected chi connectivity index (χ4v) is 2.72. The maximum atomic E-state index is 11.9. The predicted molar refractivity (Wildman–Crippen MR) is 88.9 cm³/mol. The summed E-state index contributed by atoms with van der Waals surface area (Å²) in [4.78, 5) is 25.9. The molecule has 1 amide bonds. The van der Waals surface area contributed by atoms with Gasteiger partial charge in [0.1, 0.15) is 5.69 Å². The zero-order valence-corrected chi connectivity index (χ0v) is 13.5. The number of hydrogen-bond donors (Lipinski definition) is 2. The Labute approximate surface area is 136 Å². The van der Waals surface area contributed by atoms with Gasteiger partial charge in [0, 0.05) is 38.4 Å². The number of hydrogen-bond acceptors (Lipinski definition) is 4. The van der Waals surface area contributed by atoms with Gasteiger partial charge in [-0.3, -0.25) is 9.78 Å². The molecule has 0 aliphatic carbocycles. The molecule has 6 nitrogen and oxygen atoms in total. The van der Waals surface area contributed by atoms with E-state index in [9.17, 15) is 4.79 Å². The summed E-state index contributed by atoms with van der Waals surface area (Å²) >= 11 is 0. The second kappa shape index (κ2) is 7.37. The molecule has 0 bridgehead atoms. The predicted octanol–water partition coefficient (Wildman–Crippen LogP) is 1.53. The number of nitrogens with zero attached hydrogens (tertiary/aromatic N) is 3. The summed E-state index contributed by atoms with van der Waals surface area (Å²) in [5.74, 6) is 0.988. The summed E-state index contributed by atoms with van der Waals surface area (Å²) in [5, 5.41) is 3.21. The molecule has 1 aliphatic heterocycles. The summed E-state index contributed by atoms with van der Waals surface area (Å²) in [7, 11) is 0. The van der Waals surface area contributed by atoms with Gasteiger partial charge in [-0.05, 0) is 31.4 Å². The van der Waals surface area contributed by atoms with Crippen LogP contribution in [0.15, 0.2) is 24.5 Å². The fraction of sp³-hybridized carbons (Fsp3) is 0.471. The van der Waals surface area contributed by atoms with E-state index in [4.69, 9.17) is 0 Å². The first kappa shape index (κ1) is 15.7. The Kier molecular flexibility index (Phi) is 5.02. The third kappa shape index (κ3) is 4.16. The normalized spacial score (nSPS) is 14.4.